The van der Waals surface area contributed by atoms with Crippen LogP contribution in [0.1, 0.15) is 26.3 Å². The Morgan fingerprint density at radius 2 is 1.50 bits per heavy atom. The van der Waals surface area contributed by atoms with Gasteiger partial charge in [-0.1, -0.05) is 62.9 Å². The van der Waals surface area contributed by atoms with Gasteiger partial charge in [0.25, 0.3) is 6.33 Å². The average Bonchev–Trinajstić information content (AvgIpc) is 3.37. The number of anilines is 2. The van der Waals surface area contributed by atoms with E-state index in [2.05, 4.69) is 114 Å². The second kappa shape index (κ2) is 11.2. The molecule has 1 aliphatic rings. The molecule has 0 unspecified atom stereocenters. The molecular weight excluding hydrogens is 669 g/mol. The number of para-hydroxylation sites is 2. The number of benzene rings is 4. The summed E-state index contributed by atoms with van der Waals surface area (Å²) in [5.41, 5.74) is 10.3. The van der Waals surface area contributed by atoms with Gasteiger partial charge in [0.05, 0.1) is 11.2 Å². The fourth-order valence-corrected chi connectivity index (χ4v) is 4.95. The van der Waals surface area contributed by atoms with Gasteiger partial charge in [0.2, 0.25) is 0 Å². The Morgan fingerprint density at radius 1 is 0.750 bits per heavy atom. The molecular formula is C35H30IrN4+. The van der Waals surface area contributed by atoms with Crippen molar-refractivity contribution < 1.29 is 24.7 Å². The van der Waals surface area contributed by atoms with Gasteiger partial charge in [-0.2, -0.15) is 24.3 Å². The SMILES string of the molecule is CN1c2ccc[c-]c2-[n+]2[c-]n(-c3ccc(C(C)(C)C)cc3)c3cccc1c32.[Ir+3].[c-]1ccccc1-c1ccccn1. The van der Waals surface area contributed by atoms with Gasteiger partial charge in [-0.25, -0.2) is 0 Å². The van der Waals surface area contributed by atoms with Gasteiger partial charge < -0.3 is 14.5 Å². The molecule has 0 saturated heterocycles. The van der Waals surface area contributed by atoms with E-state index in [9.17, 15) is 0 Å². The summed E-state index contributed by atoms with van der Waals surface area (Å²) >= 11 is 0. The van der Waals surface area contributed by atoms with E-state index in [1.54, 1.807) is 6.20 Å². The predicted octanol–water partition coefficient (Wildman–Crippen LogP) is 7.43. The topological polar surface area (TPSA) is 24.9 Å². The van der Waals surface area contributed by atoms with E-state index in [0.717, 1.165) is 39.4 Å². The Morgan fingerprint density at radius 3 is 2.20 bits per heavy atom. The molecule has 3 heterocycles. The summed E-state index contributed by atoms with van der Waals surface area (Å²) in [6, 6.07) is 41.6. The molecule has 2 aromatic heterocycles. The summed E-state index contributed by atoms with van der Waals surface area (Å²) in [4.78, 5) is 6.45. The minimum Gasteiger partial charge on any atom is -0.404 e. The number of hydrogen-bond donors (Lipinski definition) is 0. The van der Waals surface area contributed by atoms with Crippen molar-refractivity contribution in [3.05, 3.63) is 133 Å². The fraction of sp³-hybridized carbons (Fsp3) is 0.143. The van der Waals surface area contributed by atoms with Gasteiger partial charge in [-0.05, 0) is 53.7 Å². The van der Waals surface area contributed by atoms with Gasteiger partial charge in [0.1, 0.15) is 5.52 Å². The molecule has 0 saturated carbocycles. The van der Waals surface area contributed by atoms with Gasteiger partial charge >= 0.3 is 20.1 Å². The van der Waals surface area contributed by atoms with Crippen LogP contribution in [-0.2, 0) is 25.5 Å². The van der Waals surface area contributed by atoms with E-state index < -0.39 is 0 Å². The second-order valence-electron chi connectivity index (χ2n) is 10.7. The van der Waals surface area contributed by atoms with Crippen LogP contribution in [0.3, 0.4) is 0 Å². The summed E-state index contributed by atoms with van der Waals surface area (Å²) in [5, 5.41) is 0. The number of pyridine rings is 1. The van der Waals surface area contributed by atoms with Gasteiger partial charge in [-0.3, -0.25) is 4.57 Å². The van der Waals surface area contributed by atoms with E-state index in [4.69, 9.17) is 0 Å². The van der Waals surface area contributed by atoms with Crippen molar-refractivity contribution in [2.45, 2.75) is 26.2 Å². The maximum atomic E-state index is 4.22. The third kappa shape index (κ3) is 5.11. The fourth-order valence-electron chi connectivity index (χ4n) is 4.95. The quantitative estimate of drug-likeness (QED) is 0.139. The first kappa shape index (κ1) is 27.5. The van der Waals surface area contributed by atoms with E-state index >= 15 is 0 Å². The van der Waals surface area contributed by atoms with E-state index in [1.165, 1.54) is 11.3 Å². The summed E-state index contributed by atoms with van der Waals surface area (Å²) in [6.45, 7) is 6.72. The molecule has 0 fully saturated rings. The Bertz CT molecular complexity index is 1700. The first-order chi connectivity index (χ1) is 18.9. The smallest absolute Gasteiger partial charge is 0.404 e. The van der Waals surface area contributed by atoms with Crippen molar-refractivity contribution in [1.82, 2.24) is 9.55 Å². The molecule has 0 radical (unpaired) electrons. The van der Waals surface area contributed by atoms with Crippen molar-refractivity contribution in [2.24, 2.45) is 0 Å². The van der Waals surface area contributed by atoms with E-state index in [-0.39, 0.29) is 25.5 Å². The number of fused-ring (bicyclic) bond motifs is 2. The van der Waals surface area contributed by atoms with E-state index in [0.29, 0.717) is 0 Å². The first-order valence-electron chi connectivity index (χ1n) is 13.1. The number of rotatable bonds is 2. The normalized spacial score (nSPS) is 11.8. The third-order valence-electron chi connectivity index (χ3n) is 7.06. The molecule has 7 rings (SSSR count). The zero-order chi connectivity index (χ0) is 27.0. The Labute approximate surface area is 249 Å². The maximum Gasteiger partial charge on any atom is 3.00 e. The molecule has 0 atom stereocenters. The minimum absolute atomic E-state index is 0. The van der Waals surface area contributed by atoms with Crippen LogP contribution >= 0.6 is 0 Å². The average molecular weight is 699 g/mol. The molecule has 0 amide bonds. The van der Waals surface area contributed by atoms with Gasteiger partial charge in [0.15, 0.2) is 0 Å². The molecule has 0 aliphatic carbocycles. The van der Waals surface area contributed by atoms with Crippen molar-refractivity contribution in [2.75, 3.05) is 11.9 Å². The molecule has 0 spiro atoms. The van der Waals surface area contributed by atoms with Crippen LogP contribution in [-0.4, -0.2) is 16.6 Å². The van der Waals surface area contributed by atoms with Gasteiger partial charge in [0, 0.05) is 11.9 Å². The number of imidazole rings is 1. The monoisotopic (exact) mass is 699 g/mol. The molecule has 0 bridgehead atoms. The zero-order valence-corrected chi connectivity index (χ0v) is 25.4. The molecule has 6 aromatic rings. The first-order valence-corrected chi connectivity index (χ1v) is 13.1. The molecule has 1 aliphatic heterocycles. The number of hydrogen-bond acceptors (Lipinski definition) is 2. The molecule has 4 nitrogen and oxygen atoms in total. The second-order valence-corrected chi connectivity index (χ2v) is 10.7. The number of nitrogens with zero attached hydrogens (tertiary/aromatic N) is 4. The van der Waals surface area contributed by atoms with Crippen molar-refractivity contribution >= 4 is 22.4 Å². The van der Waals surface area contributed by atoms with Crippen molar-refractivity contribution in [3.8, 4) is 22.6 Å². The van der Waals surface area contributed by atoms with Crippen LogP contribution in [0.4, 0.5) is 11.4 Å². The zero-order valence-electron chi connectivity index (χ0n) is 23.0. The standard InChI is InChI=1S/C24H22N3.C11H8N.Ir/c1-24(2,3)17-12-14-18(15-13-17)26-16-27-20-9-6-5-8-19(20)25(4)21-10-7-11-22(26)23(21)27;1-2-6-10(7-3-1)11-8-4-5-9-12-11;/h5-8,10-15H,1-4H3;1-6,8-9H;/q2*-1;+3. The molecule has 0 N–H and O–H groups in total. The number of aromatic nitrogens is 3. The summed E-state index contributed by atoms with van der Waals surface area (Å²) in [6.07, 6.45) is 5.35. The van der Waals surface area contributed by atoms with Crippen LogP contribution in [0.25, 0.3) is 33.7 Å². The molecule has 4 aromatic carbocycles. The van der Waals surface area contributed by atoms with Crippen molar-refractivity contribution in [1.29, 1.82) is 0 Å². The maximum absolute atomic E-state index is 4.22. The van der Waals surface area contributed by atoms with Crippen LogP contribution in [0.2, 0.25) is 0 Å². The van der Waals surface area contributed by atoms with Crippen LogP contribution in [0.15, 0.2) is 109 Å². The minimum atomic E-state index is 0. The summed E-state index contributed by atoms with van der Waals surface area (Å²) in [5.74, 6) is 0. The Hall–Kier alpha value is -4.05. The van der Waals surface area contributed by atoms with Crippen LogP contribution in [0, 0.1) is 18.5 Å². The summed E-state index contributed by atoms with van der Waals surface area (Å²) in [7, 11) is 2.11. The Balaban J connectivity index is 0.000000209. The Kier molecular flexibility index (Phi) is 7.71. The van der Waals surface area contributed by atoms with Crippen LogP contribution in [0.5, 0.6) is 0 Å². The van der Waals surface area contributed by atoms with E-state index in [1.807, 2.05) is 54.6 Å². The third-order valence-corrected chi connectivity index (χ3v) is 7.06. The molecule has 5 heteroatoms. The van der Waals surface area contributed by atoms with Crippen LogP contribution < -0.4 is 9.47 Å². The molecule has 198 valence electrons. The largest absolute Gasteiger partial charge is 3.00 e. The predicted molar refractivity (Wildman–Crippen MR) is 158 cm³/mol. The summed E-state index contributed by atoms with van der Waals surface area (Å²) < 4.78 is 4.28. The molecule has 40 heavy (non-hydrogen) atoms. The van der Waals surface area contributed by atoms with Crippen molar-refractivity contribution in [3.63, 3.8) is 0 Å². The van der Waals surface area contributed by atoms with Gasteiger partial charge in [-0.15, -0.1) is 35.9 Å².